The summed E-state index contributed by atoms with van der Waals surface area (Å²) in [5, 5.41) is 25.3. The van der Waals surface area contributed by atoms with E-state index < -0.39 is 18.7 Å². The number of carboxylic acids is 1. The van der Waals surface area contributed by atoms with E-state index in [9.17, 15) is 9.90 Å². The molecular formula is C3H5CaClO4. The number of hydrogen-bond acceptors (Lipinski definition) is 4. The van der Waals surface area contributed by atoms with E-state index in [1.165, 1.54) is 0 Å². The van der Waals surface area contributed by atoms with Gasteiger partial charge in [0.15, 0.2) is 0 Å². The molecule has 4 nitrogen and oxygen atoms in total. The second-order valence-electron chi connectivity index (χ2n) is 1.02. The van der Waals surface area contributed by atoms with Gasteiger partial charge in [-0.25, -0.2) is 0 Å². The van der Waals surface area contributed by atoms with Crippen LogP contribution in [0.4, 0.5) is 0 Å². The van der Waals surface area contributed by atoms with E-state index in [0.29, 0.717) is 0 Å². The van der Waals surface area contributed by atoms with E-state index in [1.54, 1.807) is 0 Å². The van der Waals surface area contributed by atoms with E-state index in [0.717, 1.165) is 0 Å². The van der Waals surface area contributed by atoms with Crippen LogP contribution in [-0.4, -0.2) is 66.6 Å². The first-order valence-corrected chi connectivity index (χ1v) is 1.68. The van der Waals surface area contributed by atoms with E-state index in [-0.39, 0.29) is 50.1 Å². The van der Waals surface area contributed by atoms with Crippen molar-refractivity contribution in [2.75, 3.05) is 6.61 Å². The zero-order valence-electron chi connectivity index (χ0n) is 4.58. The van der Waals surface area contributed by atoms with Gasteiger partial charge in [-0.05, 0) is 0 Å². The molecular weight excluding hydrogens is 176 g/mol. The maximum Gasteiger partial charge on any atom is 2.00 e. The number of carboxylic acid groups (broad SMARTS) is 1. The molecule has 0 aliphatic carbocycles. The molecule has 6 heteroatoms. The first-order valence-electron chi connectivity index (χ1n) is 1.68. The Bertz CT molecular complexity index is 78.2. The van der Waals surface area contributed by atoms with Crippen molar-refractivity contribution in [1.29, 1.82) is 0 Å². The van der Waals surface area contributed by atoms with Crippen LogP contribution in [0.15, 0.2) is 0 Å². The van der Waals surface area contributed by atoms with Crippen molar-refractivity contribution in [3.8, 4) is 0 Å². The van der Waals surface area contributed by atoms with Crippen LogP contribution in [0, 0.1) is 0 Å². The Balaban J connectivity index is -0.000000180. The predicted octanol–water partition coefficient (Wildman–Crippen LogP) is -6.29. The Labute approximate surface area is 88.3 Å². The molecule has 0 aromatic heterocycles. The van der Waals surface area contributed by atoms with Crippen LogP contribution in [0.3, 0.4) is 0 Å². The van der Waals surface area contributed by atoms with Gasteiger partial charge in [0.05, 0.1) is 12.6 Å². The fourth-order valence-electron chi connectivity index (χ4n) is 0.0745. The summed E-state index contributed by atoms with van der Waals surface area (Å²) in [6.07, 6.45) is -1.74. The standard InChI is InChI=1S/C3H6O4.Ca.ClH/c4-1-2(5)3(6)7;;/h2,4-5H,1H2,(H,6,7);;1H/q;+2;/p-2. The molecule has 0 aliphatic rings. The Kier molecular flexibility index (Phi) is 16.4. The van der Waals surface area contributed by atoms with Crippen molar-refractivity contribution in [3.05, 3.63) is 0 Å². The molecule has 0 aromatic carbocycles. The topological polar surface area (TPSA) is 80.6 Å². The van der Waals surface area contributed by atoms with E-state index in [1.807, 2.05) is 0 Å². The van der Waals surface area contributed by atoms with Crippen LogP contribution in [0.25, 0.3) is 0 Å². The van der Waals surface area contributed by atoms with Gasteiger partial charge in [0.1, 0.15) is 6.10 Å². The van der Waals surface area contributed by atoms with E-state index in [2.05, 4.69) is 0 Å². The molecule has 2 N–H and O–H groups in total. The van der Waals surface area contributed by atoms with E-state index >= 15 is 0 Å². The number of carbonyl (C=O) groups excluding carboxylic acids is 1. The van der Waals surface area contributed by atoms with Gasteiger partial charge in [-0.2, -0.15) is 0 Å². The fourth-order valence-corrected chi connectivity index (χ4v) is 0.0745. The minimum atomic E-state index is -1.74. The van der Waals surface area contributed by atoms with Crippen LogP contribution in [0.2, 0.25) is 0 Å². The van der Waals surface area contributed by atoms with Gasteiger partial charge in [-0.1, -0.05) is 0 Å². The summed E-state index contributed by atoms with van der Waals surface area (Å²) in [7, 11) is 0. The molecule has 0 heterocycles. The molecule has 0 radical (unpaired) electrons. The van der Waals surface area contributed by atoms with Crippen LogP contribution < -0.4 is 17.5 Å². The molecule has 0 amide bonds. The molecule has 1 atom stereocenters. The monoisotopic (exact) mass is 180 g/mol. The number of carbonyl (C=O) groups is 1. The fraction of sp³-hybridized carbons (Fsp3) is 0.667. The normalized spacial score (nSPS) is 10.4. The maximum absolute atomic E-state index is 9.41. The van der Waals surface area contributed by atoms with Crippen molar-refractivity contribution >= 4 is 43.7 Å². The van der Waals surface area contributed by atoms with Crippen LogP contribution in [0.5, 0.6) is 0 Å². The Morgan fingerprint density at radius 2 is 2.00 bits per heavy atom. The van der Waals surface area contributed by atoms with Crippen LogP contribution >= 0.6 is 0 Å². The van der Waals surface area contributed by atoms with Gasteiger partial charge in [-0.15, -0.1) is 0 Å². The maximum atomic E-state index is 9.41. The molecule has 0 aliphatic heterocycles. The Morgan fingerprint density at radius 3 is 2.00 bits per heavy atom. The van der Waals surface area contributed by atoms with Gasteiger partial charge in [-0.3, -0.25) is 0 Å². The first kappa shape index (κ1) is 16.5. The van der Waals surface area contributed by atoms with Gasteiger partial charge in [0.2, 0.25) is 0 Å². The molecule has 0 bridgehead atoms. The summed E-state index contributed by atoms with van der Waals surface area (Å²) in [6.45, 7) is -0.789. The van der Waals surface area contributed by atoms with Crippen molar-refractivity contribution in [2.24, 2.45) is 0 Å². The third kappa shape index (κ3) is 8.94. The van der Waals surface area contributed by atoms with Crippen molar-refractivity contribution in [1.82, 2.24) is 0 Å². The summed E-state index contributed by atoms with van der Waals surface area (Å²) in [6, 6.07) is 0. The van der Waals surface area contributed by atoms with Gasteiger partial charge in [0, 0.05) is 0 Å². The number of aliphatic carboxylic acids is 1. The molecule has 0 fully saturated rings. The predicted molar refractivity (Wildman–Crippen MR) is 23.9 cm³/mol. The minimum Gasteiger partial charge on any atom is -1.00 e. The zero-order chi connectivity index (χ0) is 5.86. The Morgan fingerprint density at radius 1 is 1.67 bits per heavy atom. The third-order valence-electron chi connectivity index (χ3n) is 0.445. The Hall–Kier alpha value is 0.940. The molecule has 0 rings (SSSR count). The molecule has 9 heavy (non-hydrogen) atoms. The van der Waals surface area contributed by atoms with Crippen molar-refractivity contribution in [3.63, 3.8) is 0 Å². The van der Waals surface area contributed by atoms with Gasteiger partial charge >= 0.3 is 37.7 Å². The number of rotatable bonds is 2. The largest absolute Gasteiger partial charge is 2.00 e. The summed E-state index contributed by atoms with van der Waals surface area (Å²) in [4.78, 5) is 9.41. The van der Waals surface area contributed by atoms with Crippen LogP contribution in [-0.2, 0) is 4.79 Å². The average Bonchev–Trinajstić information content (AvgIpc) is 1.65. The van der Waals surface area contributed by atoms with Gasteiger partial charge < -0.3 is 32.5 Å². The summed E-state index contributed by atoms with van der Waals surface area (Å²) in [5.41, 5.74) is 0. The van der Waals surface area contributed by atoms with Crippen molar-refractivity contribution < 1.29 is 32.5 Å². The number of halogens is 1. The minimum absolute atomic E-state index is 0. The third-order valence-corrected chi connectivity index (χ3v) is 0.445. The summed E-state index contributed by atoms with van der Waals surface area (Å²) >= 11 is 0. The molecule has 0 saturated carbocycles. The number of aliphatic hydroxyl groups is 2. The molecule has 0 spiro atoms. The second kappa shape index (κ2) is 8.94. The van der Waals surface area contributed by atoms with Crippen LogP contribution in [0.1, 0.15) is 0 Å². The first-order chi connectivity index (χ1) is 3.18. The smallest absolute Gasteiger partial charge is 1.00 e. The summed E-state index contributed by atoms with van der Waals surface area (Å²) in [5.74, 6) is -1.65. The molecule has 1 unspecified atom stereocenters. The van der Waals surface area contributed by atoms with Gasteiger partial charge in [0.25, 0.3) is 0 Å². The average molecular weight is 181 g/mol. The summed E-state index contributed by atoms with van der Waals surface area (Å²) < 4.78 is 0. The quantitative estimate of drug-likeness (QED) is 0.415. The molecule has 0 saturated heterocycles. The SMILES string of the molecule is O=C([O-])C(O)CO.[Ca+2].[Cl-]. The molecule has 0 aromatic rings. The second-order valence-corrected chi connectivity index (χ2v) is 1.02. The number of hydrogen-bond donors (Lipinski definition) is 2. The molecule has 50 valence electrons. The number of aliphatic hydroxyl groups excluding tert-OH is 2. The van der Waals surface area contributed by atoms with Crippen molar-refractivity contribution in [2.45, 2.75) is 6.10 Å². The zero-order valence-corrected chi connectivity index (χ0v) is 7.54. The van der Waals surface area contributed by atoms with E-state index in [4.69, 9.17) is 10.2 Å².